The smallest absolute Gasteiger partial charge is 0.416 e. The summed E-state index contributed by atoms with van der Waals surface area (Å²) < 4.78 is 75.2. The van der Waals surface area contributed by atoms with Crippen LogP contribution in [0.1, 0.15) is 18.1 Å². The largest absolute Gasteiger partial charge is 0.486 e. The third kappa shape index (κ3) is 5.40. The minimum atomic E-state index is -4.50. The molecule has 0 saturated heterocycles. The highest BCUT2D eigenvalue weighted by Crippen LogP contribution is 2.35. The van der Waals surface area contributed by atoms with Gasteiger partial charge in [-0.15, -0.1) is 0 Å². The molecule has 0 aliphatic carbocycles. The Morgan fingerprint density at radius 3 is 2.45 bits per heavy atom. The van der Waals surface area contributed by atoms with Gasteiger partial charge in [0.1, 0.15) is 19.3 Å². The molecule has 0 aromatic heterocycles. The Bertz CT molecular complexity index is 1070. The van der Waals surface area contributed by atoms with Crippen LogP contribution in [-0.2, 0) is 27.5 Å². The fraction of sp³-hybridized carbons (Fsp3) is 0.350. The van der Waals surface area contributed by atoms with Gasteiger partial charge in [-0.1, -0.05) is 12.1 Å². The van der Waals surface area contributed by atoms with E-state index < -0.39 is 33.7 Å². The van der Waals surface area contributed by atoms with E-state index in [1.807, 2.05) is 0 Å². The molecule has 7 nitrogen and oxygen atoms in total. The van der Waals surface area contributed by atoms with E-state index in [4.69, 9.17) is 9.47 Å². The molecule has 1 aliphatic heterocycles. The van der Waals surface area contributed by atoms with Gasteiger partial charge in [-0.3, -0.25) is 9.10 Å². The molecule has 2 aromatic rings. The first-order chi connectivity index (χ1) is 14.5. The number of carbonyl (C=O) groups excluding carboxylic acids is 1. The van der Waals surface area contributed by atoms with Crippen LogP contribution in [0.3, 0.4) is 0 Å². The number of fused-ring (bicyclic) bond motifs is 1. The maximum atomic E-state index is 12.9. The van der Waals surface area contributed by atoms with Crippen LogP contribution in [0.2, 0.25) is 0 Å². The van der Waals surface area contributed by atoms with Crippen molar-refractivity contribution in [3.63, 3.8) is 0 Å². The molecule has 0 radical (unpaired) electrons. The van der Waals surface area contributed by atoms with Gasteiger partial charge in [-0.2, -0.15) is 13.2 Å². The van der Waals surface area contributed by atoms with Crippen LogP contribution >= 0.6 is 0 Å². The quantitative estimate of drug-likeness (QED) is 0.720. The van der Waals surface area contributed by atoms with Crippen LogP contribution in [0.25, 0.3) is 0 Å². The zero-order valence-corrected chi connectivity index (χ0v) is 17.6. The molecule has 31 heavy (non-hydrogen) atoms. The molecule has 0 bridgehead atoms. The summed E-state index contributed by atoms with van der Waals surface area (Å²) in [6, 6.07) is 7.89. The topological polar surface area (TPSA) is 84.9 Å². The van der Waals surface area contributed by atoms with Gasteiger partial charge in [0.15, 0.2) is 11.5 Å². The standard InChI is InChI=1S/C20H21F3N2O5S/c1-13(19(26)24-12-14-4-3-5-15(10-14)20(21,22)23)25(31(2,27)28)16-6-7-17-18(11-16)30-9-8-29-17/h3-7,10-11,13H,8-9,12H2,1-2H3,(H,24,26). The highest BCUT2D eigenvalue weighted by molar-refractivity contribution is 7.92. The zero-order chi connectivity index (χ0) is 22.8. The Morgan fingerprint density at radius 2 is 1.81 bits per heavy atom. The maximum Gasteiger partial charge on any atom is 0.416 e. The monoisotopic (exact) mass is 458 g/mol. The van der Waals surface area contributed by atoms with Crippen LogP contribution in [0.4, 0.5) is 18.9 Å². The van der Waals surface area contributed by atoms with E-state index in [9.17, 15) is 26.4 Å². The first-order valence-corrected chi connectivity index (χ1v) is 11.1. The zero-order valence-electron chi connectivity index (χ0n) is 16.8. The van der Waals surface area contributed by atoms with Gasteiger partial charge in [-0.05, 0) is 36.8 Å². The van der Waals surface area contributed by atoms with Crippen LogP contribution in [0.5, 0.6) is 11.5 Å². The fourth-order valence-electron chi connectivity index (χ4n) is 3.17. The lowest BCUT2D eigenvalue weighted by atomic mass is 10.1. The van der Waals surface area contributed by atoms with Crippen molar-refractivity contribution in [1.29, 1.82) is 0 Å². The number of sulfonamides is 1. The number of carbonyl (C=O) groups is 1. The predicted octanol–water partition coefficient (Wildman–Crippen LogP) is 2.95. The van der Waals surface area contributed by atoms with Gasteiger partial charge in [0, 0.05) is 12.6 Å². The Hall–Kier alpha value is -2.95. The summed E-state index contributed by atoms with van der Waals surface area (Å²) in [6.45, 7) is 1.88. The molecular formula is C20H21F3N2O5S. The van der Waals surface area contributed by atoms with E-state index in [0.29, 0.717) is 24.7 Å². The Balaban J connectivity index is 1.78. The average Bonchev–Trinajstić information content (AvgIpc) is 2.70. The molecule has 2 aromatic carbocycles. The van der Waals surface area contributed by atoms with Crippen LogP contribution in [0.15, 0.2) is 42.5 Å². The molecular weight excluding hydrogens is 437 g/mol. The summed E-state index contributed by atoms with van der Waals surface area (Å²) in [4.78, 5) is 12.7. The number of nitrogens with zero attached hydrogens (tertiary/aromatic N) is 1. The molecule has 0 saturated carbocycles. The first-order valence-electron chi connectivity index (χ1n) is 9.30. The Labute approximate surface area is 177 Å². The molecule has 168 valence electrons. The number of halogens is 3. The Morgan fingerprint density at radius 1 is 1.13 bits per heavy atom. The molecule has 1 N–H and O–H groups in total. The van der Waals surface area contributed by atoms with Crippen molar-refractivity contribution in [3.05, 3.63) is 53.6 Å². The Kier molecular flexibility index (Phi) is 6.35. The van der Waals surface area contributed by atoms with E-state index >= 15 is 0 Å². The molecule has 1 aliphatic rings. The SMILES string of the molecule is CC(C(=O)NCc1cccc(C(F)(F)F)c1)N(c1ccc2c(c1)OCCO2)S(C)(=O)=O. The van der Waals surface area contributed by atoms with E-state index in [0.717, 1.165) is 22.7 Å². The van der Waals surface area contributed by atoms with Crippen molar-refractivity contribution >= 4 is 21.6 Å². The fourth-order valence-corrected chi connectivity index (χ4v) is 4.34. The van der Waals surface area contributed by atoms with Crippen molar-refractivity contribution in [2.45, 2.75) is 25.7 Å². The molecule has 11 heteroatoms. The van der Waals surface area contributed by atoms with Gasteiger partial charge >= 0.3 is 6.18 Å². The number of nitrogens with one attached hydrogen (secondary N) is 1. The molecule has 0 spiro atoms. The first kappa shape index (κ1) is 22.7. The number of hydrogen-bond acceptors (Lipinski definition) is 5. The van der Waals surface area contributed by atoms with Crippen LogP contribution < -0.4 is 19.1 Å². The molecule has 3 rings (SSSR count). The van der Waals surface area contributed by atoms with E-state index in [2.05, 4.69) is 5.32 Å². The molecule has 1 atom stereocenters. The third-order valence-corrected chi connectivity index (χ3v) is 5.83. The summed E-state index contributed by atoms with van der Waals surface area (Å²) in [7, 11) is -3.87. The van der Waals surface area contributed by atoms with Crippen molar-refractivity contribution in [2.24, 2.45) is 0 Å². The van der Waals surface area contributed by atoms with Crippen molar-refractivity contribution in [3.8, 4) is 11.5 Å². The summed E-state index contributed by atoms with van der Waals surface area (Å²) in [6.07, 6.45) is -3.54. The minimum Gasteiger partial charge on any atom is -0.486 e. The third-order valence-electron chi connectivity index (χ3n) is 4.59. The van der Waals surface area contributed by atoms with Crippen molar-refractivity contribution in [1.82, 2.24) is 5.32 Å². The summed E-state index contributed by atoms with van der Waals surface area (Å²) in [5.74, 6) is 0.150. The second-order valence-electron chi connectivity index (χ2n) is 6.98. The number of benzene rings is 2. The number of amides is 1. The second kappa shape index (κ2) is 8.66. The normalized spacial score (nSPS) is 14.6. The van der Waals surface area contributed by atoms with Crippen LogP contribution in [0, 0.1) is 0 Å². The van der Waals surface area contributed by atoms with E-state index in [-0.39, 0.29) is 17.8 Å². The molecule has 1 heterocycles. The van der Waals surface area contributed by atoms with Crippen molar-refractivity contribution in [2.75, 3.05) is 23.8 Å². The lowest BCUT2D eigenvalue weighted by Gasteiger charge is -2.29. The van der Waals surface area contributed by atoms with E-state index in [1.165, 1.54) is 31.2 Å². The number of hydrogen-bond donors (Lipinski definition) is 1. The highest BCUT2D eigenvalue weighted by Gasteiger charge is 2.31. The number of anilines is 1. The number of alkyl halides is 3. The number of rotatable bonds is 6. The molecule has 0 fully saturated rings. The van der Waals surface area contributed by atoms with Crippen molar-refractivity contribution < 1.29 is 35.9 Å². The van der Waals surface area contributed by atoms with Crippen LogP contribution in [-0.4, -0.2) is 39.8 Å². The summed E-state index contributed by atoms with van der Waals surface area (Å²) in [5, 5.41) is 2.49. The predicted molar refractivity (Wildman–Crippen MR) is 108 cm³/mol. The maximum absolute atomic E-state index is 12.9. The second-order valence-corrected chi connectivity index (χ2v) is 8.84. The lowest BCUT2D eigenvalue weighted by molar-refractivity contribution is -0.137. The number of ether oxygens (including phenoxy) is 2. The van der Waals surface area contributed by atoms with Gasteiger partial charge < -0.3 is 14.8 Å². The molecule has 1 amide bonds. The van der Waals surface area contributed by atoms with Gasteiger partial charge in [0.2, 0.25) is 15.9 Å². The molecule has 1 unspecified atom stereocenters. The van der Waals surface area contributed by atoms with Gasteiger partial charge in [-0.25, -0.2) is 8.42 Å². The highest BCUT2D eigenvalue weighted by atomic mass is 32.2. The summed E-state index contributed by atoms with van der Waals surface area (Å²) in [5.41, 5.74) is -0.393. The van der Waals surface area contributed by atoms with Gasteiger partial charge in [0.25, 0.3) is 0 Å². The average molecular weight is 458 g/mol. The summed E-state index contributed by atoms with van der Waals surface area (Å²) >= 11 is 0. The lowest BCUT2D eigenvalue weighted by Crippen LogP contribution is -2.47. The van der Waals surface area contributed by atoms with E-state index in [1.54, 1.807) is 6.07 Å². The van der Waals surface area contributed by atoms with Gasteiger partial charge in [0.05, 0.1) is 17.5 Å². The minimum absolute atomic E-state index is 0.189.